The first-order valence-electron chi connectivity index (χ1n) is 4.67. The van der Waals surface area contributed by atoms with Gasteiger partial charge in [0.15, 0.2) is 0 Å². The summed E-state index contributed by atoms with van der Waals surface area (Å²) in [4.78, 5) is 22.8. The highest BCUT2D eigenvalue weighted by Gasteiger charge is 2.41. The molecule has 1 amide bonds. The van der Waals surface area contributed by atoms with Crippen LogP contribution in [0, 0.1) is 11.8 Å². The Kier molecular flexibility index (Phi) is 3.28. The van der Waals surface area contributed by atoms with Crippen LogP contribution in [0.2, 0.25) is 0 Å². The van der Waals surface area contributed by atoms with E-state index in [0.29, 0.717) is 13.2 Å². The van der Waals surface area contributed by atoms with Crippen molar-refractivity contribution < 1.29 is 14.3 Å². The van der Waals surface area contributed by atoms with Crippen molar-refractivity contribution in [2.45, 2.75) is 13.8 Å². The molecular weight excluding hydrogens is 182 g/mol. The zero-order valence-electron chi connectivity index (χ0n) is 8.50. The van der Waals surface area contributed by atoms with Gasteiger partial charge >= 0.3 is 5.97 Å². The fraction of sp³-hybridized carbons (Fsp3) is 0.600. The summed E-state index contributed by atoms with van der Waals surface area (Å²) >= 11 is 0. The summed E-state index contributed by atoms with van der Waals surface area (Å²) in [7, 11) is 0. The highest BCUT2D eigenvalue weighted by Crippen LogP contribution is 2.25. The van der Waals surface area contributed by atoms with E-state index in [1.165, 1.54) is 0 Å². The van der Waals surface area contributed by atoms with E-state index in [9.17, 15) is 9.59 Å². The second-order valence-corrected chi connectivity index (χ2v) is 3.43. The summed E-state index contributed by atoms with van der Waals surface area (Å²) in [5.74, 6) is -1.53. The lowest BCUT2D eigenvalue weighted by Crippen LogP contribution is -2.29. The molecule has 0 radical (unpaired) electrons. The van der Waals surface area contributed by atoms with E-state index in [2.05, 4.69) is 11.9 Å². The minimum atomic E-state index is -0.701. The predicted octanol–water partition coefficient (Wildman–Crippen LogP) is 0.488. The molecule has 0 spiro atoms. The molecule has 0 bridgehead atoms. The Labute approximate surface area is 83.3 Å². The maximum absolute atomic E-state index is 11.4. The average Bonchev–Trinajstić information content (AvgIpc) is 2.47. The van der Waals surface area contributed by atoms with Crippen LogP contribution in [-0.2, 0) is 14.3 Å². The van der Waals surface area contributed by atoms with Gasteiger partial charge in [-0.2, -0.15) is 0 Å². The number of nitrogens with one attached hydrogen (secondary N) is 1. The fourth-order valence-electron chi connectivity index (χ4n) is 1.58. The first-order valence-corrected chi connectivity index (χ1v) is 4.67. The molecule has 78 valence electrons. The summed E-state index contributed by atoms with van der Waals surface area (Å²) in [5, 5.41) is 2.64. The lowest BCUT2D eigenvalue weighted by molar-refractivity contribution is -0.151. The van der Waals surface area contributed by atoms with Gasteiger partial charge in [0.1, 0.15) is 5.92 Å². The first kappa shape index (κ1) is 10.8. The smallest absolute Gasteiger partial charge is 0.319 e. The molecule has 0 aromatic carbocycles. The van der Waals surface area contributed by atoms with Gasteiger partial charge in [0.05, 0.1) is 6.61 Å². The predicted molar refractivity (Wildman–Crippen MR) is 51.4 cm³/mol. The Morgan fingerprint density at radius 3 is 2.86 bits per heavy atom. The van der Waals surface area contributed by atoms with Crippen LogP contribution in [0.4, 0.5) is 0 Å². The Balaban J connectivity index is 2.76. The van der Waals surface area contributed by atoms with E-state index in [4.69, 9.17) is 4.74 Å². The van der Waals surface area contributed by atoms with Gasteiger partial charge in [0.25, 0.3) is 0 Å². The van der Waals surface area contributed by atoms with Crippen LogP contribution in [-0.4, -0.2) is 25.0 Å². The number of ether oxygens (including phenoxy) is 1. The van der Waals surface area contributed by atoms with E-state index in [0.717, 1.165) is 5.57 Å². The Hall–Kier alpha value is -1.32. The van der Waals surface area contributed by atoms with Crippen LogP contribution >= 0.6 is 0 Å². The molecule has 4 nitrogen and oxygen atoms in total. The SMILES string of the molecule is C=C(C)[C@H]1CNC(=O)[C@H]1C(=O)OCC. The quantitative estimate of drug-likeness (QED) is 0.407. The first-order chi connectivity index (χ1) is 6.57. The minimum absolute atomic E-state index is 0.124. The third-order valence-corrected chi connectivity index (χ3v) is 2.35. The second kappa shape index (κ2) is 4.26. The van der Waals surface area contributed by atoms with Crippen molar-refractivity contribution in [3.05, 3.63) is 12.2 Å². The highest BCUT2D eigenvalue weighted by atomic mass is 16.5. The highest BCUT2D eigenvalue weighted by molar-refractivity contribution is 6.00. The van der Waals surface area contributed by atoms with E-state index >= 15 is 0 Å². The number of esters is 1. The summed E-state index contributed by atoms with van der Waals surface area (Å²) < 4.78 is 4.84. The van der Waals surface area contributed by atoms with Crippen LogP contribution in [0.5, 0.6) is 0 Å². The number of hydrogen-bond donors (Lipinski definition) is 1. The summed E-state index contributed by atoms with van der Waals surface area (Å²) in [6.45, 7) is 8.08. The summed E-state index contributed by atoms with van der Waals surface area (Å²) in [6, 6.07) is 0. The third-order valence-electron chi connectivity index (χ3n) is 2.35. The average molecular weight is 197 g/mol. The van der Waals surface area contributed by atoms with Crippen LogP contribution in [0.3, 0.4) is 0 Å². The molecule has 1 saturated heterocycles. The molecule has 1 heterocycles. The summed E-state index contributed by atoms with van der Waals surface area (Å²) in [5.41, 5.74) is 0.835. The topological polar surface area (TPSA) is 55.4 Å². The number of carbonyl (C=O) groups is 2. The Morgan fingerprint density at radius 1 is 1.71 bits per heavy atom. The number of carbonyl (C=O) groups excluding carboxylic acids is 2. The molecule has 0 aromatic rings. The number of amides is 1. The van der Waals surface area contributed by atoms with E-state index in [1.807, 2.05) is 6.92 Å². The van der Waals surface area contributed by atoms with Crippen molar-refractivity contribution >= 4 is 11.9 Å². The van der Waals surface area contributed by atoms with E-state index in [1.54, 1.807) is 6.92 Å². The lowest BCUT2D eigenvalue weighted by atomic mass is 9.90. The molecule has 1 fully saturated rings. The summed E-state index contributed by atoms with van der Waals surface area (Å²) in [6.07, 6.45) is 0. The molecule has 1 aliphatic rings. The molecule has 1 N–H and O–H groups in total. The Bertz CT molecular complexity index is 273. The van der Waals surface area contributed by atoms with Gasteiger partial charge in [0, 0.05) is 12.5 Å². The molecular formula is C10H15NO3. The molecule has 0 saturated carbocycles. The molecule has 14 heavy (non-hydrogen) atoms. The largest absolute Gasteiger partial charge is 0.465 e. The van der Waals surface area contributed by atoms with Crippen molar-refractivity contribution in [3.63, 3.8) is 0 Å². The second-order valence-electron chi connectivity index (χ2n) is 3.43. The molecule has 0 aliphatic carbocycles. The van der Waals surface area contributed by atoms with Gasteiger partial charge in [-0.3, -0.25) is 9.59 Å². The molecule has 0 unspecified atom stereocenters. The molecule has 4 heteroatoms. The molecule has 2 atom stereocenters. The van der Waals surface area contributed by atoms with E-state index in [-0.39, 0.29) is 11.8 Å². The lowest BCUT2D eigenvalue weighted by Gasteiger charge is -2.14. The van der Waals surface area contributed by atoms with Gasteiger partial charge in [-0.25, -0.2) is 0 Å². The van der Waals surface area contributed by atoms with Gasteiger partial charge in [0.2, 0.25) is 5.91 Å². The van der Waals surface area contributed by atoms with Gasteiger partial charge in [-0.05, 0) is 13.8 Å². The van der Waals surface area contributed by atoms with Crippen molar-refractivity contribution in [2.75, 3.05) is 13.2 Å². The monoisotopic (exact) mass is 197 g/mol. The zero-order chi connectivity index (χ0) is 10.7. The van der Waals surface area contributed by atoms with Crippen LogP contribution < -0.4 is 5.32 Å². The van der Waals surface area contributed by atoms with Gasteiger partial charge in [-0.1, -0.05) is 12.2 Å². The van der Waals surface area contributed by atoms with Crippen molar-refractivity contribution in [2.24, 2.45) is 11.8 Å². The van der Waals surface area contributed by atoms with E-state index < -0.39 is 11.9 Å². The number of rotatable bonds is 3. The zero-order valence-corrected chi connectivity index (χ0v) is 8.50. The standard InChI is InChI=1S/C10H15NO3/c1-4-14-10(13)8-7(6(2)3)5-11-9(8)12/h7-8H,2,4-5H2,1,3H3,(H,11,12)/t7-,8+/m1/s1. The minimum Gasteiger partial charge on any atom is -0.465 e. The van der Waals surface area contributed by atoms with Crippen molar-refractivity contribution in [1.82, 2.24) is 5.32 Å². The molecule has 1 rings (SSSR count). The van der Waals surface area contributed by atoms with Crippen LogP contribution in [0.25, 0.3) is 0 Å². The Morgan fingerprint density at radius 2 is 2.36 bits per heavy atom. The van der Waals surface area contributed by atoms with Gasteiger partial charge in [-0.15, -0.1) is 0 Å². The third kappa shape index (κ3) is 1.95. The van der Waals surface area contributed by atoms with Crippen LogP contribution in [0.1, 0.15) is 13.8 Å². The maximum Gasteiger partial charge on any atom is 0.319 e. The van der Waals surface area contributed by atoms with Crippen molar-refractivity contribution in [1.29, 1.82) is 0 Å². The maximum atomic E-state index is 11.4. The fourth-order valence-corrected chi connectivity index (χ4v) is 1.58. The van der Waals surface area contributed by atoms with Crippen LogP contribution in [0.15, 0.2) is 12.2 Å². The van der Waals surface area contributed by atoms with Gasteiger partial charge < -0.3 is 10.1 Å². The molecule has 1 aliphatic heterocycles. The van der Waals surface area contributed by atoms with Crippen molar-refractivity contribution in [3.8, 4) is 0 Å². The number of hydrogen-bond acceptors (Lipinski definition) is 3. The molecule has 0 aromatic heterocycles. The normalized spacial score (nSPS) is 25.7.